The Balaban J connectivity index is 0.954. The monoisotopic (exact) mass is 847 g/mol. The first-order valence-corrected chi connectivity index (χ1v) is 23.3. The van der Waals surface area contributed by atoms with E-state index in [1.54, 1.807) is 0 Å². The van der Waals surface area contributed by atoms with Crippen LogP contribution in [-0.2, 0) is 5.41 Å². The highest BCUT2D eigenvalue weighted by molar-refractivity contribution is 7.26. The molecule has 0 spiro atoms. The van der Waals surface area contributed by atoms with Crippen LogP contribution < -0.4 is 4.90 Å². The standard InChI is InChI=1S/C63H45NS/c1-63(2)58-40-49(46-26-24-44(25-27-46)42-14-5-3-6-15-42)34-38-54(58)55-39-37-51(41-59(55)63)64(60-22-11-9-18-52(60)47-30-28-45(29-31-47)43-16-7-4-8-17-43)50-35-32-48(33-36-50)53-20-13-21-57-56-19-10-12-23-61(56)65-62(53)57/h3-41H,1-2H3. The number of rotatable bonds is 8. The van der Waals surface area contributed by atoms with Crippen molar-refractivity contribution in [2.24, 2.45) is 0 Å². The number of hydrogen-bond donors (Lipinski definition) is 0. The van der Waals surface area contributed by atoms with Crippen LogP contribution in [0.5, 0.6) is 0 Å². The van der Waals surface area contributed by atoms with Crippen LogP contribution >= 0.6 is 11.3 Å². The molecule has 0 unspecified atom stereocenters. The third-order valence-electron chi connectivity index (χ3n) is 13.5. The zero-order valence-corrected chi connectivity index (χ0v) is 37.2. The molecule has 1 aliphatic carbocycles. The van der Waals surface area contributed by atoms with E-state index in [0.29, 0.717) is 0 Å². The zero-order chi connectivity index (χ0) is 43.5. The summed E-state index contributed by atoms with van der Waals surface area (Å²) in [6, 6.07) is 87.0. The third kappa shape index (κ3) is 6.77. The molecule has 0 amide bonds. The zero-order valence-electron chi connectivity index (χ0n) is 36.4. The van der Waals surface area contributed by atoms with Gasteiger partial charge in [-0.15, -0.1) is 11.3 Å². The quantitative estimate of drug-likeness (QED) is 0.147. The maximum Gasteiger partial charge on any atom is 0.0540 e. The summed E-state index contributed by atoms with van der Waals surface area (Å²) in [6.07, 6.45) is 0. The summed E-state index contributed by atoms with van der Waals surface area (Å²) in [7, 11) is 0. The van der Waals surface area contributed by atoms with Gasteiger partial charge in [-0.05, 0) is 115 Å². The summed E-state index contributed by atoms with van der Waals surface area (Å²) < 4.78 is 2.65. The van der Waals surface area contributed by atoms with Crippen LogP contribution in [0.1, 0.15) is 25.0 Å². The Kier molecular flexibility index (Phi) is 9.44. The van der Waals surface area contributed by atoms with Crippen LogP contribution in [0.15, 0.2) is 237 Å². The van der Waals surface area contributed by atoms with Crippen molar-refractivity contribution in [3.8, 4) is 66.8 Å². The minimum absolute atomic E-state index is 0.216. The summed E-state index contributed by atoms with van der Waals surface area (Å²) in [5.74, 6) is 0. The van der Waals surface area contributed by atoms with E-state index >= 15 is 0 Å². The van der Waals surface area contributed by atoms with Gasteiger partial charge in [0.2, 0.25) is 0 Å². The van der Waals surface area contributed by atoms with Crippen LogP contribution in [-0.4, -0.2) is 0 Å². The van der Waals surface area contributed by atoms with Crippen molar-refractivity contribution < 1.29 is 0 Å². The lowest BCUT2D eigenvalue weighted by molar-refractivity contribution is 0.660. The predicted molar refractivity (Wildman–Crippen MR) is 279 cm³/mol. The molecule has 0 radical (unpaired) electrons. The Morgan fingerprint density at radius 2 is 0.785 bits per heavy atom. The van der Waals surface area contributed by atoms with Crippen molar-refractivity contribution in [2.75, 3.05) is 4.90 Å². The van der Waals surface area contributed by atoms with Crippen molar-refractivity contribution in [2.45, 2.75) is 19.3 Å². The predicted octanol–water partition coefficient (Wildman–Crippen LogP) is 18.2. The fraction of sp³-hybridized carbons (Fsp3) is 0.0476. The van der Waals surface area contributed by atoms with Crippen molar-refractivity contribution in [1.82, 2.24) is 0 Å². The van der Waals surface area contributed by atoms with Gasteiger partial charge in [0.1, 0.15) is 0 Å². The summed E-state index contributed by atoms with van der Waals surface area (Å²) in [5.41, 5.74) is 20.7. The molecule has 1 nitrogen and oxygen atoms in total. The van der Waals surface area contributed by atoms with E-state index in [4.69, 9.17) is 0 Å². The Morgan fingerprint density at radius 3 is 1.48 bits per heavy atom. The molecule has 0 N–H and O–H groups in total. The van der Waals surface area contributed by atoms with Crippen LogP contribution in [0.25, 0.3) is 86.9 Å². The largest absolute Gasteiger partial charge is 0.310 e. The fourth-order valence-corrected chi connectivity index (χ4v) is 11.3. The molecule has 308 valence electrons. The first-order chi connectivity index (χ1) is 32.0. The number of thiophene rings is 1. The number of benzene rings is 10. The molecule has 2 heteroatoms. The van der Waals surface area contributed by atoms with Gasteiger partial charge in [0, 0.05) is 42.5 Å². The lowest BCUT2D eigenvalue weighted by Gasteiger charge is -2.30. The summed E-state index contributed by atoms with van der Waals surface area (Å²) >= 11 is 1.88. The Bertz CT molecular complexity index is 3530. The second-order valence-electron chi connectivity index (χ2n) is 17.7. The van der Waals surface area contributed by atoms with Gasteiger partial charge in [0.15, 0.2) is 0 Å². The minimum Gasteiger partial charge on any atom is -0.310 e. The number of hydrogen-bond acceptors (Lipinski definition) is 2. The Labute approximate surface area is 385 Å². The van der Waals surface area contributed by atoms with E-state index in [0.717, 1.165) is 17.1 Å². The molecular weight excluding hydrogens is 803 g/mol. The molecule has 0 aliphatic heterocycles. The van der Waals surface area contributed by atoms with Gasteiger partial charge in [0.05, 0.1) is 5.69 Å². The summed E-state index contributed by atoms with van der Waals surface area (Å²) in [4.78, 5) is 2.46. The maximum absolute atomic E-state index is 2.46. The van der Waals surface area contributed by atoms with Gasteiger partial charge in [-0.1, -0.05) is 208 Å². The van der Waals surface area contributed by atoms with E-state index in [-0.39, 0.29) is 5.41 Å². The topological polar surface area (TPSA) is 3.24 Å². The molecule has 0 saturated heterocycles. The molecule has 65 heavy (non-hydrogen) atoms. The maximum atomic E-state index is 2.46. The van der Waals surface area contributed by atoms with Crippen LogP contribution in [0.2, 0.25) is 0 Å². The van der Waals surface area contributed by atoms with Crippen molar-refractivity contribution in [1.29, 1.82) is 0 Å². The Morgan fingerprint density at radius 1 is 0.323 bits per heavy atom. The molecule has 11 aromatic rings. The molecule has 1 aliphatic rings. The SMILES string of the molecule is CC1(C)c2cc(-c3ccc(-c4ccccc4)cc3)ccc2-c2ccc(N(c3ccc(-c4cccc5c4sc4ccccc45)cc3)c3ccccc3-c3ccc(-c4ccccc4)cc3)cc21. The first kappa shape index (κ1) is 38.9. The van der Waals surface area contributed by atoms with E-state index in [9.17, 15) is 0 Å². The summed E-state index contributed by atoms with van der Waals surface area (Å²) in [5, 5.41) is 2.64. The molecule has 0 fully saturated rings. The molecule has 0 saturated carbocycles. The lowest BCUT2D eigenvalue weighted by Crippen LogP contribution is -2.17. The molecule has 1 aromatic heterocycles. The molecule has 12 rings (SSSR count). The lowest BCUT2D eigenvalue weighted by atomic mass is 9.81. The van der Waals surface area contributed by atoms with Crippen molar-refractivity contribution in [3.63, 3.8) is 0 Å². The molecule has 0 atom stereocenters. The van der Waals surface area contributed by atoms with Gasteiger partial charge in [-0.2, -0.15) is 0 Å². The van der Waals surface area contributed by atoms with E-state index in [2.05, 4.69) is 255 Å². The van der Waals surface area contributed by atoms with Crippen LogP contribution in [0, 0.1) is 0 Å². The van der Waals surface area contributed by atoms with Crippen LogP contribution in [0.3, 0.4) is 0 Å². The van der Waals surface area contributed by atoms with Gasteiger partial charge >= 0.3 is 0 Å². The average Bonchev–Trinajstić information content (AvgIpc) is 3.86. The molecule has 10 aromatic carbocycles. The second kappa shape index (κ2) is 15.8. The number of fused-ring (bicyclic) bond motifs is 6. The second-order valence-corrected chi connectivity index (χ2v) is 18.7. The third-order valence-corrected chi connectivity index (χ3v) is 14.8. The minimum atomic E-state index is -0.216. The Hall–Kier alpha value is -7.78. The highest BCUT2D eigenvalue weighted by Gasteiger charge is 2.36. The summed E-state index contributed by atoms with van der Waals surface area (Å²) in [6.45, 7) is 4.78. The van der Waals surface area contributed by atoms with Crippen molar-refractivity contribution in [3.05, 3.63) is 248 Å². The highest BCUT2D eigenvalue weighted by atomic mass is 32.1. The van der Waals surface area contributed by atoms with Gasteiger partial charge in [-0.3, -0.25) is 0 Å². The fourth-order valence-electron chi connectivity index (χ4n) is 10.1. The molecule has 1 heterocycles. The van der Waals surface area contributed by atoms with Gasteiger partial charge in [-0.25, -0.2) is 0 Å². The molecule has 0 bridgehead atoms. The number of para-hydroxylation sites is 1. The highest BCUT2D eigenvalue weighted by Crippen LogP contribution is 2.52. The average molecular weight is 848 g/mol. The van der Waals surface area contributed by atoms with Crippen molar-refractivity contribution >= 4 is 48.6 Å². The molecular formula is C63H45NS. The normalized spacial score (nSPS) is 12.6. The van der Waals surface area contributed by atoms with Crippen LogP contribution in [0.4, 0.5) is 17.1 Å². The smallest absolute Gasteiger partial charge is 0.0540 e. The van der Waals surface area contributed by atoms with E-state index in [1.165, 1.54) is 98.1 Å². The first-order valence-electron chi connectivity index (χ1n) is 22.5. The van der Waals surface area contributed by atoms with E-state index < -0.39 is 0 Å². The number of nitrogens with zero attached hydrogens (tertiary/aromatic N) is 1. The van der Waals surface area contributed by atoms with Gasteiger partial charge in [0.25, 0.3) is 0 Å². The number of anilines is 3. The van der Waals surface area contributed by atoms with E-state index in [1.807, 2.05) is 11.3 Å². The van der Waals surface area contributed by atoms with Gasteiger partial charge < -0.3 is 4.90 Å².